The molecule has 1 atom stereocenters. The molecular formula is C50H32O. The van der Waals surface area contributed by atoms with Crippen LogP contribution in [-0.4, -0.2) is 0 Å². The largest absolute Gasteiger partial charge is 0.456 e. The quantitative estimate of drug-likeness (QED) is 0.137. The highest BCUT2D eigenvalue weighted by molar-refractivity contribution is 6.25. The molecule has 1 unspecified atom stereocenters. The molecule has 1 aromatic heterocycles. The molecule has 1 nitrogen and oxygen atoms in total. The summed E-state index contributed by atoms with van der Waals surface area (Å²) in [6.45, 7) is 0. The minimum absolute atomic E-state index is 0.211. The number of hydrogen-bond acceptors (Lipinski definition) is 1. The van der Waals surface area contributed by atoms with Crippen LogP contribution in [0.15, 0.2) is 168 Å². The lowest BCUT2D eigenvalue weighted by atomic mass is 9.83. The Morgan fingerprint density at radius 2 is 1.00 bits per heavy atom. The second-order valence-corrected chi connectivity index (χ2v) is 13.9. The normalized spacial score (nSPS) is 14.3. The minimum Gasteiger partial charge on any atom is -0.456 e. The van der Waals surface area contributed by atoms with Gasteiger partial charge in [0.15, 0.2) is 0 Å². The maximum Gasteiger partial charge on any atom is 0.143 e. The van der Waals surface area contributed by atoms with Gasteiger partial charge in [0, 0.05) is 21.9 Å². The Labute approximate surface area is 295 Å². The van der Waals surface area contributed by atoms with Crippen molar-refractivity contribution in [1.29, 1.82) is 0 Å². The third kappa shape index (κ3) is 4.22. The van der Waals surface area contributed by atoms with Crippen LogP contribution < -0.4 is 10.6 Å². The van der Waals surface area contributed by atoms with Crippen LogP contribution in [0.1, 0.15) is 17.9 Å². The lowest BCUT2D eigenvalue weighted by molar-refractivity contribution is 0.572. The van der Waals surface area contributed by atoms with E-state index in [2.05, 4.69) is 176 Å². The van der Waals surface area contributed by atoms with Crippen LogP contribution in [-0.2, 0) is 0 Å². The van der Waals surface area contributed by atoms with Gasteiger partial charge in [-0.3, -0.25) is 0 Å². The first-order chi connectivity index (χ1) is 25.3. The van der Waals surface area contributed by atoms with Gasteiger partial charge in [0.05, 0.1) is 0 Å². The summed E-state index contributed by atoms with van der Waals surface area (Å²) in [6, 6.07) is 59.9. The molecule has 51 heavy (non-hydrogen) atoms. The van der Waals surface area contributed by atoms with Crippen LogP contribution in [0, 0.1) is 0 Å². The van der Waals surface area contributed by atoms with Gasteiger partial charge >= 0.3 is 0 Å². The Morgan fingerprint density at radius 1 is 0.451 bits per heavy atom. The zero-order valence-electron chi connectivity index (χ0n) is 27.9. The first-order valence-electron chi connectivity index (χ1n) is 17.9. The fourth-order valence-corrected chi connectivity index (χ4v) is 8.92. The molecule has 0 bridgehead atoms. The molecule has 1 aliphatic rings. The van der Waals surface area contributed by atoms with Gasteiger partial charge in [-0.05, 0) is 88.8 Å². The van der Waals surface area contributed by atoms with Crippen LogP contribution in [0.2, 0.25) is 0 Å². The molecule has 0 spiro atoms. The SMILES string of the molecule is C1=c2oc3c4ccccc4c4ccccc4c3c2=CCC1c1cccc(-c2c3ccccc3c(-c3cccc4ccccc34)c3ccccc23)c1. The third-order valence-electron chi connectivity index (χ3n) is 11.2. The summed E-state index contributed by atoms with van der Waals surface area (Å²) in [7, 11) is 0. The molecule has 0 saturated carbocycles. The highest BCUT2D eigenvalue weighted by atomic mass is 16.3. The van der Waals surface area contributed by atoms with E-state index in [0.717, 1.165) is 17.4 Å². The molecule has 0 fully saturated rings. The van der Waals surface area contributed by atoms with Crippen molar-refractivity contribution in [3.8, 4) is 22.3 Å². The lowest BCUT2D eigenvalue weighted by Gasteiger charge is -2.20. The van der Waals surface area contributed by atoms with Gasteiger partial charge in [0.1, 0.15) is 11.0 Å². The molecule has 11 rings (SSSR count). The Hall–Kier alpha value is -6.44. The van der Waals surface area contributed by atoms with Crippen molar-refractivity contribution in [2.45, 2.75) is 12.3 Å². The first-order valence-corrected chi connectivity index (χ1v) is 17.9. The Bertz CT molecular complexity index is 3120. The number of benzene rings is 9. The van der Waals surface area contributed by atoms with Crippen molar-refractivity contribution >= 4 is 77.0 Å². The summed E-state index contributed by atoms with van der Waals surface area (Å²) in [6.07, 6.45) is 5.69. The average Bonchev–Trinajstić information content (AvgIpc) is 3.59. The van der Waals surface area contributed by atoms with E-state index in [0.29, 0.717) is 0 Å². The monoisotopic (exact) mass is 648 g/mol. The Balaban J connectivity index is 1.11. The van der Waals surface area contributed by atoms with Gasteiger partial charge in [-0.25, -0.2) is 0 Å². The van der Waals surface area contributed by atoms with Gasteiger partial charge in [-0.2, -0.15) is 0 Å². The van der Waals surface area contributed by atoms with Gasteiger partial charge in [0.25, 0.3) is 0 Å². The van der Waals surface area contributed by atoms with Crippen molar-refractivity contribution in [2.75, 3.05) is 0 Å². The van der Waals surface area contributed by atoms with Crippen LogP contribution in [0.5, 0.6) is 0 Å². The van der Waals surface area contributed by atoms with Crippen molar-refractivity contribution in [2.24, 2.45) is 0 Å². The summed E-state index contributed by atoms with van der Waals surface area (Å²) >= 11 is 0. The number of furan rings is 1. The lowest BCUT2D eigenvalue weighted by Crippen LogP contribution is -2.25. The zero-order chi connectivity index (χ0) is 33.5. The van der Waals surface area contributed by atoms with Crippen LogP contribution in [0.3, 0.4) is 0 Å². The van der Waals surface area contributed by atoms with E-state index in [4.69, 9.17) is 4.42 Å². The van der Waals surface area contributed by atoms with Crippen molar-refractivity contribution < 1.29 is 4.42 Å². The number of fused-ring (bicyclic) bond motifs is 11. The van der Waals surface area contributed by atoms with E-state index in [1.165, 1.54) is 92.3 Å². The molecule has 1 heterocycles. The van der Waals surface area contributed by atoms with E-state index in [1.54, 1.807) is 0 Å². The first kappa shape index (κ1) is 28.4. The molecule has 0 saturated heterocycles. The summed E-state index contributed by atoms with van der Waals surface area (Å²) in [5, 5.41) is 15.0. The molecule has 1 aliphatic carbocycles. The molecular weight excluding hydrogens is 617 g/mol. The molecule has 0 radical (unpaired) electrons. The topological polar surface area (TPSA) is 13.1 Å². The maximum atomic E-state index is 6.79. The van der Waals surface area contributed by atoms with Crippen LogP contribution >= 0.6 is 0 Å². The minimum atomic E-state index is 0.211. The molecule has 238 valence electrons. The Kier molecular flexibility index (Phi) is 6.15. The maximum absolute atomic E-state index is 6.79. The van der Waals surface area contributed by atoms with Gasteiger partial charge in [-0.15, -0.1) is 0 Å². The van der Waals surface area contributed by atoms with E-state index in [1.807, 2.05) is 0 Å². The molecule has 9 aromatic carbocycles. The fraction of sp³-hybridized carbons (Fsp3) is 0.0400. The predicted molar refractivity (Wildman–Crippen MR) is 217 cm³/mol. The fourth-order valence-electron chi connectivity index (χ4n) is 8.92. The molecule has 10 aromatic rings. The van der Waals surface area contributed by atoms with E-state index in [9.17, 15) is 0 Å². The molecule has 0 N–H and O–H groups in total. The molecule has 1 heteroatoms. The van der Waals surface area contributed by atoms with Gasteiger partial charge < -0.3 is 4.42 Å². The molecule has 0 aliphatic heterocycles. The van der Waals surface area contributed by atoms with Crippen molar-refractivity contribution in [3.05, 3.63) is 180 Å². The highest BCUT2D eigenvalue weighted by Crippen LogP contribution is 2.45. The van der Waals surface area contributed by atoms with Gasteiger partial charge in [-0.1, -0.05) is 170 Å². The average molecular weight is 649 g/mol. The summed E-state index contributed by atoms with van der Waals surface area (Å²) in [4.78, 5) is 0. The van der Waals surface area contributed by atoms with Crippen molar-refractivity contribution in [3.63, 3.8) is 0 Å². The van der Waals surface area contributed by atoms with Crippen LogP contribution in [0.4, 0.5) is 0 Å². The second kappa shape index (κ2) is 11.0. The van der Waals surface area contributed by atoms with Gasteiger partial charge in [0.2, 0.25) is 0 Å². The Morgan fingerprint density at radius 3 is 1.73 bits per heavy atom. The molecule has 0 amide bonds. The van der Waals surface area contributed by atoms with E-state index in [-0.39, 0.29) is 5.92 Å². The highest BCUT2D eigenvalue weighted by Gasteiger charge is 2.21. The summed E-state index contributed by atoms with van der Waals surface area (Å²) in [5.74, 6) is 0.211. The standard InChI is InChI=1S/C50H32O/c1-2-17-35-31(13-1)14-12-26-38(35)48-42-23-8-6-21-40(42)47(41-22-7-9-24-43(41)48)34-16-11-15-32(29-34)33-27-28-45-46(30-33)51-50-44-25-10-4-19-37(44)36-18-3-5-20-39(36)49(45)50/h1-26,28-30,33H,27H2. The third-order valence-corrected chi connectivity index (χ3v) is 11.2. The van der Waals surface area contributed by atoms with E-state index >= 15 is 0 Å². The smallest absolute Gasteiger partial charge is 0.143 e. The number of hydrogen-bond donors (Lipinski definition) is 0. The second-order valence-electron chi connectivity index (χ2n) is 13.9. The van der Waals surface area contributed by atoms with Crippen molar-refractivity contribution in [1.82, 2.24) is 0 Å². The summed E-state index contributed by atoms with van der Waals surface area (Å²) in [5.41, 5.74) is 8.36. The summed E-state index contributed by atoms with van der Waals surface area (Å²) < 4.78 is 6.79. The zero-order valence-corrected chi connectivity index (χ0v) is 27.9. The number of rotatable bonds is 3. The predicted octanol–water partition coefficient (Wildman–Crippen LogP) is 12.3. The van der Waals surface area contributed by atoms with E-state index < -0.39 is 0 Å². The van der Waals surface area contributed by atoms with Crippen LogP contribution in [0.25, 0.3) is 99.2 Å².